The molecule has 0 amide bonds. The van der Waals surface area contributed by atoms with Crippen molar-refractivity contribution in [1.29, 1.82) is 0 Å². The minimum atomic E-state index is -0.399. The summed E-state index contributed by atoms with van der Waals surface area (Å²) in [6, 6.07) is 24.2. The number of rotatable bonds is 5. The van der Waals surface area contributed by atoms with Gasteiger partial charge in [0.25, 0.3) is 5.69 Å². The highest BCUT2D eigenvalue weighted by Gasteiger charge is 2.05. The van der Waals surface area contributed by atoms with Gasteiger partial charge in [0, 0.05) is 12.1 Å². The Hall–Kier alpha value is -3.14. The van der Waals surface area contributed by atoms with Crippen molar-refractivity contribution in [1.82, 2.24) is 0 Å². The molecule has 23 heavy (non-hydrogen) atoms. The first-order valence-electron chi connectivity index (χ1n) is 7.24. The van der Waals surface area contributed by atoms with Gasteiger partial charge in [-0.15, -0.1) is 0 Å². The van der Waals surface area contributed by atoms with Crippen LogP contribution in [0, 0.1) is 10.1 Å². The summed E-state index contributed by atoms with van der Waals surface area (Å²) in [6.07, 6.45) is 0. The molecule has 0 unspecified atom stereocenters. The van der Waals surface area contributed by atoms with Crippen LogP contribution < -0.4 is 4.74 Å². The Morgan fingerprint density at radius 1 is 0.783 bits per heavy atom. The summed E-state index contributed by atoms with van der Waals surface area (Å²) in [7, 11) is 0. The quantitative estimate of drug-likeness (QED) is 0.500. The highest BCUT2D eigenvalue weighted by Crippen LogP contribution is 2.24. The third-order valence-corrected chi connectivity index (χ3v) is 3.51. The number of benzene rings is 3. The van der Waals surface area contributed by atoms with E-state index >= 15 is 0 Å². The Morgan fingerprint density at radius 3 is 1.91 bits per heavy atom. The molecule has 0 saturated heterocycles. The Balaban J connectivity index is 1.68. The molecule has 0 aliphatic heterocycles. The number of ether oxygens (including phenoxy) is 1. The maximum absolute atomic E-state index is 10.7. The highest BCUT2D eigenvalue weighted by atomic mass is 16.6. The van der Waals surface area contributed by atoms with Gasteiger partial charge in [-0.25, -0.2) is 0 Å². The van der Waals surface area contributed by atoms with Crippen LogP contribution in [0.1, 0.15) is 5.56 Å². The van der Waals surface area contributed by atoms with Crippen molar-refractivity contribution in [2.45, 2.75) is 6.61 Å². The lowest BCUT2D eigenvalue weighted by atomic mass is 10.1. The Kier molecular flexibility index (Phi) is 4.34. The van der Waals surface area contributed by atoms with E-state index in [1.54, 1.807) is 12.1 Å². The first-order valence-corrected chi connectivity index (χ1v) is 7.24. The summed E-state index contributed by atoms with van der Waals surface area (Å²) < 4.78 is 5.74. The van der Waals surface area contributed by atoms with E-state index in [4.69, 9.17) is 4.74 Å². The van der Waals surface area contributed by atoms with Crippen molar-refractivity contribution < 1.29 is 9.66 Å². The molecule has 4 heteroatoms. The third kappa shape index (κ3) is 3.74. The molecule has 0 heterocycles. The van der Waals surface area contributed by atoms with Gasteiger partial charge in [0.15, 0.2) is 0 Å². The van der Waals surface area contributed by atoms with Gasteiger partial charge in [0.05, 0.1) is 4.92 Å². The molecule has 0 N–H and O–H groups in total. The third-order valence-electron chi connectivity index (χ3n) is 3.51. The van der Waals surface area contributed by atoms with Gasteiger partial charge >= 0.3 is 0 Å². The van der Waals surface area contributed by atoms with Crippen LogP contribution in [0.25, 0.3) is 11.1 Å². The molecule has 4 nitrogen and oxygen atoms in total. The van der Waals surface area contributed by atoms with Gasteiger partial charge in [-0.3, -0.25) is 10.1 Å². The van der Waals surface area contributed by atoms with Crippen molar-refractivity contribution in [3.8, 4) is 16.9 Å². The van der Waals surface area contributed by atoms with Gasteiger partial charge in [-0.2, -0.15) is 0 Å². The van der Waals surface area contributed by atoms with Crippen LogP contribution in [0.15, 0.2) is 78.9 Å². The fourth-order valence-corrected chi connectivity index (χ4v) is 2.26. The SMILES string of the molecule is O=[N+]([O-])c1ccc(-c2ccc(OCc3ccccc3)cc2)cc1. The molecule has 0 spiro atoms. The zero-order valence-corrected chi connectivity index (χ0v) is 12.4. The standard InChI is InChI=1S/C19H15NO3/c21-20(22)18-10-6-16(7-11-18)17-8-12-19(13-9-17)23-14-15-4-2-1-3-5-15/h1-13H,14H2. The van der Waals surface area contributed by atoms with Crippen molar-refractivity contribution >= 4 is 5.69 Å². The van der Waals surface area contributed by atoms with E-state index in [2.05, 4.69) is 0 Å². The van der Waals surface area contributed by atoms with E-state index in [0.717, 1.165) is 22.4 Å². The molecule has 3 aromatic rings. The lowest BCUT2D eigenvalue weighted by Crippen LogP contribution is -1.94. The molecule has 0 bridgehead atoms. The number of nitrogens with zero attached hydrogens (tertiary/aromatic N) is 1. The molecule has 0 aliphatic rings. The van der Waals surface area contributed by atoms with Crippen molar-refractivity contribution in [3.63, 3.8) is 0 Å². The minimum absolute atomic E-state index is 0.0940. The average molecular weight is 305 g/mol. The number of hydrogen-bond donors (Lipinski definition) is 0. The van der Waals surface area contributed by atoms with Crippen LogP contribution in [-0.2, 0) is 6.61 Å². The normalized spacial score (nSPS) is 10.3. The van der Waals surface area contributed by atoms with Crippen LogP contribution in [0.4, 0.5) is 5.69 Å². The molecule has 0 saturated carbocycles. The average Bonchev–Trinajstić information content (AvgIpc) is 2.61. The van der Waals surface area contributed by atoms with Crippen LogP contribution >= 0.6 is 0 Å². The number of nitro groups is 1. The summed E-state index contributed by atoms with van der Waals surface area (Å²) in [4.78, 5) is 10.3. The van der Waals surface area contributed by atoms with E-state index in [1.165, 1.54) is 12.1 Å². The first-order chi connectivity index (χ1) is 11.2. The molecule has 0 radical (unpaired) electrons. The second-order valence-electron chi connectivity index (χ2n) is 5.10. The molecular formula is C19H15NO3. The topological polar surface area (TPSA) is 52.4 Å². The van der Waals surface area contributed by atoms with Gasteiger partial charge in [0.1, 0.15) is 12.4 Å². The number of hydrogen-bond acceptors (Lipinski definition) is 3. The van der Waals surface area contributed by atoms with Crippen molar-refractivity contribution in [2.75, 3.05) is 0 Å². The van der Waals surface area contributed by atoms with Gasteiger partial charge in [-0.1, -0.05) is 42.5 Å². The Labute approximate surface area is 134 Å². The highest BCUT2D eigenvalue weighted by molar-refractivity contribution is 5.65. The molecule has 0 aliphatic carbocycles. The molecule has 3 aromatic carbocycles. The lowest BCUT2D eigenvalue weighted by molar-refractivity contribution is -0.384. The van der Waals surface area contributed by atoms with Gasteiger partial charge in [-0.05, 0) is 41.0 Å². The molecule has 0 fully saturated rings. The zero-order valence-electron chi connectivity index (χ0n) is 12.4. The van der Waals surface area contributed by atoms with Crippen LogP contribution in [-0.4, -0.2) is 4.92 Å². The number of non-ortho nitro benzene ring substituents is 1. The van der Waals surface area contributed by atoms with Crippen LogP contribution in [0.3, 0.4) is 0 Å². The summed E-state index contributed by atoms with van der Waals surface area (Å²) in [6.45, 7) is 0.526. The fourth-order valence-electron chi connectivity index (χ4n) is 2.26. The fraction of sp³-hybridized carbons (Fsp3) is 0.0526. The van der Waals surface area contributed by atoms with E-state index in [-0.39, 0.29) is 5.69 Å². The number of nitro benzene ring substituents is 1. The van der Waals surface area contributed by atoms with E-state index in [1.807, 2.05) is 54.6 Å². The second-order valence-corrected chi connectivity index (χ2v) is 5.10. The maximum atomic E-state index is 10.7. The van der Waals surface area contributed by atoms with Gasteiger partial charge < -0.3 is 4.74 Å². The van der Waals surface area contributed by atoms with Crippen LogP contribution in [0.5, 0.6) is 5.75 Å². The molecule has 0 atom stereocenters. The van der Waals surface area contributed by atoms with E-state index < -0.39 is 4.92 Å². The minimum Gasteiger partial charge on any atom is -0.489 e. The Bertz CT molecular complexity index is 781. The second kappa shape index (κ2) is 6.75. The molecule has 3 rings (SSSR count). The lowest BCUT2D eigenvalue weighted by Gasteiger charge is -2.07. The smallest absolute Gasteiger partial charge is 0.269 e. The predicted molar refractivity (Wildman–Crippen MR) is 89.3 cm³/mol. The Morgan fingerprint density at radius 2 is 1.35 bits per heavy atom. The maximum Gasteiger partial charge on any atom is 0.269 e. The predicted octanol–water partition coefficient (Wildman–Crippen LogP) is 4.84. The zero-order chi connectivity index (χ0) is 16.1. The summed E-state index contributed by atoms with van der Waals surface area (Å²) in [5.74, 6) is 0.791. The van der Waals surface area contributed by atoms with Crippen molar-refractivity contribution in [2.24, 2.45) is 0 Å². The van der Waals surface area contributed by atoms with Crippen LogP contribution in [0.2, 0.25) is 0 Å². The monoisotopic (exact) mass is 305 g/mol. The summed E-state index contributed by atoms with van der Waals surface area (Å²) in [5.41, 5.74) is 3.14. The summed E-state index contributed by atoms with van der Waals surface area (Å²) in [5, 5.41) is 10.7. The molecule has 114 valence electrons. The largest absolute Gasteiger partial charge is 0.489 e. The summed E-state index contributed by atoms with van der Waals surface area (Å²) >= 11 is 0. The molecule has 0 aromatic heterocycles. The van der Waals surface area contributed by atoms with E-state index in [9.17, 15) is 10.1 Å². The molecular weight excluding hydrogens is 290 g/mol. The van der Waals surface area contributed by atoms with E-state index in [0.29, 0.717) is 6.61 Å². The van der Waals surface area contributed by atoms with Crippen molar-refractivity contribution in [3.05, 3.63) is 94.5 Å². The first kappa shape index (κ1) is 14.8. The van der Waals surface area contributed by atoms with Gasteiger partial charge in [0.2, 0.25) is 0 Å².